The number of nitrogens with zero attached hydrogens (tertiary/aromatic N) is 1. The van der Waals surface area contributed by atoms with Crippen molar-refractivity contribution in [2.45, 2.75) is 13.5 Å². The number of nitriles is 1. The fraction of sp³-hybridized carbons (Fsp3) is 0.0714. The molecule has 0 fully saturated rings. The van der Waals surface area contributed by atoms with Gasteiger partial charge in [0, 0.05) is 11.3 Å². The standard InChI is InChI=1S/C28H19BrCl2N2O2/c1-17-6-8-19-4-2-3-5-22(19)23(17)16-35-27-11-7-18(13-24(27)29)12-20(15-32)28(34)33-21-9-10-25(30)26(31)14-21/h2-14H,16H2,1H3,(H,33,34)/b20-12+. The summed E-state index contributed by atoms with van der Waals surface area (Å²) in [5.41, 5.74) is 3.35. The number of carbonyl (C=O) groups is 1. The number of fused-ring (bicyclic) bond motifs is 1. The highest BCUT2D eigenvalue weighted by atomic mass is 79.9. The Morgan fingerprint density at radius 2 is 1.86 bits per heavy atom. The van der Waals surface area contributed by atoms with Crippen LogP contribution >= 0.6 is 39.1 Å². The first kappa shape index (κ1) is 24.8. The van der Waals surface area contributed by atoms with Gasteiger partial charge in [0.15, 0.2) is 0 Å². The van der Waals surface area contributed by atoms with Gasteiger partial charge in [-0.2, -0.15) is 5.26 Å². The summed E-state index contributed by atoms with van der Waals surface area (Å²) in [6.45, 7) is 2.48. The Hall–Kier alpha value is -3.30. The van der Waals surface area contributed by atoms with E-state index in [-0.39, 0.29) is 5.57 Å². The summed E-state index contributed by atoms with van der Waals surface area (Å²) >= 11 is 15.4. The second-order valence-electron chi connectivity index (χ2n) is 7.81. The topological polar surface area (TPSA) is 62.1 Å². The van der Waals surface area contributed by atoms with E-state index in [4.69, 9.17) is 27.9 Å². The van der Waals surface area contributed by atoms with Crippen LogP contribution in [0.25, 0.3) is 16.8 Å². The lowest BCUT2D eigenvalue weighted by molar-refractivity contribution is -0.112. The summed E-state index contributed by atoms with van der Waals surface area (Å²) < 4.78 is 6.82. The number of carbonyl (C=O) groups excluding carboxylic acids is 1. The van der Waals surface area contributed by atoms with Crippen LogP contribution in [0.5, 0.6) is 5.75 Å². The van der Waals surface area contributed by atoms with Crippen molar-refractivity contribution in [1.29, 1.82) is 5.26 Å². The molecule has 0 aromatic heterocycles. The van der Waals surface area contributed by atoms with Crippen molar-refractivity contribution in [3.8, 4) is 11.8 Å². The Morgan fingerprint density at radius 1 is 1.06 bits per heavy atom. The zero-order valence-corrected chi connectivity index (χ0v) is 21.7. The number of nitrogens with one attached hydrogen (secondary N) is 1. The van der Waals surface area contributed by atoms with Crippen molar-refractivity contribution in [1.82, 2.24) is 0 Å². The molecule has 0 saturated carbocycles. The molecule has 4 aromatic rings. The van der Waals surface area contributed by atoms with E-state index < -0.39 is 5.91 Å². The number of benzene rings is 4. The zero-order valence-electron chi connectivity index (χ0n) is 18.6. The second-order valence-corrected chi connectivity index (χ2v) is 9.48. The Kier molecular flexibility index (Phi) is 7.77. The van der Waals surface area contributed by atoms with E-state index in [0.29, 0.717) is 38.1 Å². The third kappa shape index (κ3) is 5.86. The fourth-order valence-corrected chi connectivity index (χ4v) is 4.41. The van der Waals surface area contributed by atoms with E-state index in [2.05, 4.69) is 52.4 Å². The molecule has 4 nitrogen and oxygen atoms in total. The Balaban J connectivity index is 1.50. The molecule has 0 aliphatic rings. The van der Waals surface area contributed by atoms with Gasteiger partial charge >= 0.3 is 0 Å². The van der Waals surface area contributed by atoms with Gasteiger partial charge in [-0.3, -0.25) is 4.79 Å². The van der Waals surface area contributed by atoms with Gasteiger partial charge in [-0.1, -0.05) is 65.7 Å². The minimum absolute atomic E-state index is 0.0528. The van der Waals surface area contributed by atoms with Crippen LogP contribution in [0.3, 0.4) is 0 Å². The Morgan fingerprint density at radius 3 is 2.60 bits per heavy atom. The Bertz CT molecular complexity index is 1510. The number of anilines is 1. The number of rotatable bonds is 6. The predicted octanol–water partition coefficient (Wildman–Crippen LogP) is 8.34. The number of aryl methyl sites for hydroxylation is 1. The largest absolute Gasteiger partial charge is 0.488 e. The Labute approximate surface area is 221 Å². The van der Waals surface area contributed by atoms with Gasteiger partial charge in [0.1, 0.15) is 24.0 Å². The summed E-state index contributed by atoms with van der Waals surface area (Å²) in [5, 5.41) is 15.2. The van der Waals surface area contributed by atoms with Crippen molar-refractivity contribution in [3.05, 3.63) is 110 Å². The molecule has 0 heterocycles. The molecular formula is C28H19BrCl2N2O2. The van der Waals surface area contributed by atoms with E-state index >= 15 is 0 Å². The molecule has 0 atom stereocenters. The van der Waals surface area contributed by atoms with E-state index in [1.807, 2.05) is 24.3 Å². The number of hydrogen-bond donors (Lipinski definition) is 1. The monoisotopic (exact) mass is 564 g/mol. The normalized spacial score (nSPS) is 11.2. The van der Waals surface area contributed by atoms with Crippen LogP contribution < -0.4 is 10.1 Å². The van der Waals surface area contributed by atoms with Crippen molar-refractivity contribution < 1.29 is 9.53 Å². The minimum Gasteiger partial charge on any atom is -0.488 e. The molecule has 0 spiro atoms. The smallest absolute Gasteiger partial charge is 0.266 e. The molecule has 0 radical (unpaired) electrons. The third-order valence-electron chi connectivity index (χ3n) is 5.46. The lowest BCUT2D eigenvalue weighted by atomic mass is 10.0. The van der Waals surface area contributed by atoms with Crippen molar-refractivity contribution in [3.63, 3.8) is 0 Å². The average Bonchev–Trinajstić information content (AvgIpc) is 2.85. The number of halogens is 3. The van der Waals surface area contributed by atoms with Gasteiger partial charge in [-0.25, -0.2) is 0 Å². The maximum Gasteiger partial charge on any atom is 0.266 e. The average molecular weight is 566 g/mol. The highest BCUT2D eigenvalue weighted by Crippen LogP contribution is 2.30. The second kappa shape index (κ2) is 11.0. The molecule has 0 aliphatic carbocycles. The van der Waals surface area contributed by atoms with Gasteiger partial charge in [-0.05, 0) is 81.2 Å². The van der Waals surface area contributed by atoms with Crippen LogP contribution in [-0.4, -0.2) is 5.91 Å². The number of hydrogen-bond acceptors (Lipinski definition) is 3. The molecule has 0 bridgehead atoms. The molecule has 1 N–H and O–H groups in total. The molecule has 0 unspecified atom stereocenters. The maximum atomic E-state index is 12.6. The first-order valence-corrected chi connectivity index (χ1v) is 12.2. The van der Waals surface area contributed by atoms with Gasteiger partial charge < -0.3 is 10.1 Å². The highest BCUT2D eigenvalue weighted by Gasteiger charge is 2.12. The quantitative estimate of drug-likeness (QED) is 0.189. The highest BCUT2D eigenvalue weighted by molar-refractivity contribution is 9.10. The van der Waals surface area contributed by atoms with Crippen LogP contribution in [0.2, 0.25) is 10.0 Å². The van der Waals surface area contributed by atoms with Crippen LogP contribution in [-0.2, 0) is 11.4 Å². The zero-order chi connectivity index (χ0) is 24.9. The SMILES string of the molecule is Cc1ccc2ccccc2c1COc1ccc(/C=C(\C#N)C(=O)Nc2ccc(Cl)c(Cl)c2)cc1Br. The molecule has 1 amide bonds. The van der Waals surface area contributed by atoms with Gasteiger partial charge in [0.25, 0.3) is 5.91 Å². The third-order valence-corrected chi connectivity index (χ3v) is 6.82. The van der Waals surface area contributed by atoms with Crippen molar-refractivity contribution >= 4 is 67.6 Å². The van der Waals surface area contributed by atoms with Gasteiger partial charge in [-0.15, -0.1) is 0 Å². The van der Waals surface area contributed by atoms with Crippen LogP contribution in [0, 0.1) is 18.3 Å². The van der Waals surface area contributed by atoms with E-state index in [1.54, 1.807) is 24.3 Å². The molecule has 4 rings (SSSR count). The fourth-order valence-electron chi connectivity index (χ4n) is 3.60. The number of amides is 1. The van der Waals surface area contributed by atoms with Crippen LogP contribution in [0.1, 0.15) is 16.7 Å². The number of ether oxygens (including phenoxy) is 1. The summed E-state index contributed by atoms with van der Waals surface area (Å²) in [5.74, 6) is 0.113. The van der Waals surface area contributed by atoms with Crippen LogP contribution in [0.15, 0.2) is 82.8 Å². The summed E-state index contributed by atoms with van der Waals surface area (Å²) in [6, 6.07) is 24.5. The molecule has 0 saturated heterocycles. The summed E-state index contributed by atoms with van der Waals surface area (Å²) in [6.07, 6.45) is 1.51. The first-order chi connectivity index (χ1) is 16.9. The van der Waals surface area contributed by atoms with E-state index in [0.717, 1.165) is 16.5 Å². The van der Waals surface area contributed by atoms with Crippen molar-refractivity contribution in [2.24, 2.45) is 0 Å². The van der Waals surface area contributed by atoms with Gasteiger partial charge in [0.05, 0.1) is 14.5 Å². The molecular weight excluding hydrogens is 547 g/mol. The minimum atomic E-state index is -0.547. The summed E-state index contributed by atoms with van der Waals surface area (Å²) in [7, 11) is 0. The van der Waals surface area contributed by atoms with Gasteiger partial charge in [0.2, 0.25) is 0 Å². The summed E-state index contributed by atoms with van der Waals surface area (Å²) in [4.78, 5) is 12.6. The lowest BCUT2D eigenvalue weighted by Gasteiger charge is -2.13. The molecule has 174 valence electrons. The first-order valence-electron chi connectivity index (χ1n) is 10.6. The maximum absolute atomic E-state index is 12.6. The molecule has 35 heavy (non-hydrogen) atoms. The van der Waals surface area contributed by atoms with Crippen LogP contribution in [0.4, 0.5) is 5.69 Å². The van der Waals surface area contributed by atoms with E-state index in [1.165, 1.54) is 17.5 Å². The lowest BCUT2D eigenvalue weighted by Crippen LogP contribution is -2.13. The predicted molar refractivity (Wildman–Crippen MR) is 146 cm³/mol. The molecule has 0 aliphatic heterocycles. The van der Waals surface area contributed by atoms with Crippen molar-refractivity contribution in [2.75, 3.05) is 5.32 Å². The van der Waals surface area contributed by atoms with E-state index in [9.17, 15) is 10.1 Å². The molecule has 7 heteroatoms. The molecule has 4 aromatic carbocycles.